The smallest absolute Gasteiger partial charge is 0.269 e. The van der Waals surface area contributed by atoms with Gasteiger partial charge in [0.05, 0.1) is 0 Å². The minimum Gasteiger partial charge on any atom is -0.351 e. The van der Waals surface area contributed by atoms with E-state index >= 15 is 0 Å². The van der Waals surface area contributed by atoms with Crippen molar-refractivity contribution in [2.45, 2.75) is 31.7 Å². The molecule has 6 nitrogen and oxygen atoms in total. The van der Waals surface area contributed by atoms with Crippen LogP contribution >= 0.6 is 0 Å². The summed E-state index contributed by atoms with van der Waals surface area (Å²) in [5, 5.41) is 4.35. The maximum atomic E-state index is 12.0. The lowest BCUT2D eigenvalue weighted by molar-refractivity contribution is 0.0823. The van der Waals surface area contributed by atoms with E-state index in [1.165, 1.54) is 25.7 Å². The third-order valence-corrected chi connectivity index (χ3v) is 5.06. The van der Waals surface area contributed by atoms with E-state index in [9.17, 15) is 4.79 Å². The molecule has 2 fully saturated rings. The molecule has 2 saturated carbocycles. The van der Waals surface area contributed by atoms with Crippen molar-refractivity contribution in [2.75, 3.05) is 19.4 Å². The average Bonchev–Trinajstić information content (AvgIpc) is 3.20. The van der Waals surface area contributed by atoms with Crippen LogP contribution in [-0.2, 0) is 0 Å². The van der Waals surface area contributed by atoms with Gasteiger partial charge in [0.1, 0.15) is 11.3 Å². The Labute approximate surface area is 129 Å². The standard InChI is InChI=1S/C16H21N5O/c1-21(2)15(22)13-7-11-8-17-16(20-14(11)18-13)19-12-6-9-3-4-10(12)5-9/h7-10,12H,3-6H2,1-2H3,(H2,17,18,19,20). The SMILES string of the molecule is CN(C)C(=O)c1cc2cnc(NC3CC4CCC3C4)nc2[nH]1. The van der Waals surface area contributed by atoms with Crippen LogP contribution in [0.4, 0.5) is 5.95 Å². The lowest BCUT2D eigenvalue weighted by Crippen LogP contribution is -2.26. The molecule has 0 saturated heterocycles. The minimum absolute atomic E-state index is 0.0550. The fourth-order valence-corrected chi connectivity index (χ4v) is 3.93. The highest BCUT2D eigenvalue weighted by atomic mass is 16.2. The van der Waals surface area contributed by atoms with Gasteiger partial charge in [0, 0.05) is 31.7 Å². The molecule has 2 aliphatic rings. The molecule has 2 bridgehead atoms. The van der Waals surface area contributed by atoms with Gasteiger partial charge in [-0.05, 0) is 37.2 Å². The van der Waals surface area contributed by atoms with Gasteiger partial charge in [-0.15, -0.1) is 0 Å². The van der Waals surface area contributed by atoms with Crippen molar-refractivity contribution in [1.29, 1.82) is 0 Å². The normalized spacial score (nSPS) is 26.5. The molecular formula is C16H21N5O. The Balaban J connectivity index is 1.56. The first-order valence-corrected chi connectivity index (χ1v) is 7.94. The number of nitrogens with zero attached hydrogens (tertiary/aromatic N) is 3. The molecule has 0 radical (unpaired) electrons. The van der Waals surface area contributed by atoms with Crippen molar-refractivity contribution < 1.29 is 4.79 Å². The summed E-state index contributed by atoms with van der Waals surface area (Å²) in [7, 11) is 3.48. The van der Waals surface area contributed by atoms with Crippen molar-refractivity contribution in [3.63, 3.8) is 0 Å². The number of hydrogen-bond donors (Lipinski definition) is 2. The zero-order chi connectivity index (χ0) is 15.3. The number of amides is 1. The summed E-state index contributed by atoms with van der Waals surface area (Å²) >= 11 is 0. The molecule has 6 heteroatoms. The third-order valence-electron chi connectivity index (χ3n) is 5.06. The van der Waals surface area contributed by atoms with Crippen molar-refractivity contribution in [1.82, 2.24) is 19.9 Å². The first kappa shape index (κ1) is 13.5. The molecule has 2 aromatic heterocycles. The van der Waals surface area contributed by atoms with Gasteiger partial charge in [0.15, 0.2) is 0 Å². The number of carbonyl (C=O) groups excluding carboxylic acids is 1. The molecular weight excluding hydrogens is 278 g/mol. The van der Waals surface area contributed by atoms with E-state index in [4.69, 9.17) is 0 Å². The Hall–Kier alpha value is -2.11. The van der Waals surface area contributed by atoms with Gasteiger partial charge >= 0.3 is 0 Å². The largest absolute Gasteiger partial charge is 0.351 e. The molecule has 2 aromatic rings. The highest BCUT2D eigenvalue weighted by Crippen LogP contribution is 2.45. The number of fused-ring (bicyclic) bond motifs is 3. The van der Waals surface area contributed by atoms with Crippen LogP contribution in [0.3, 0.4) is 0 Å². The first-order valence-electron chi connectivity index (χ1n) is 7.94. The number of nitrogens with one attached hydrogen (secondary N) is 2. The van der Waals surface area contributed by atoms with E-state index in [1.54, 1.807) is 31.3 Å². The van der Waals surface area contributed by atoms with E-state index in [1.807, 2.05) is 0 Å². The topological polar surface area (TPSA) is 73.9 Å². The predicted octanol–water partition coefficient (Wildman–Crippen LogP) is 2.26. The Bertz CT molecular complexity index is 722. The van der Waals surface area contributed by atoms with Gasteiger partial charge in [-0.3, -0.25) is 4.79 Å². The zero-order valence-corrected chi connectivity index (χ0v) is 13.0. The Morgan fingerprint density at radius 1 is 1.36 bits per heavy atom. The van der Waals surface area contributed by atoms with E-state index in [0.717, 1.165) is 17.2 Å². The number of anilines is 1. The highest BCUT2D eigenvalue weighted by Gasteiger charge is 2.39. The lowest BCUT2D eigenvalue weighted by Gasteiger charge is -2.22. The van der Waals surface area contributed by atoms with Crippen LogP contribution in [0.15, 0.2) is 12.3 Å². The van der Waals surface area contributed by atoms with Gasteiger partial charge in [-0.2, -0.15) is 4.98 Å². The lowest BCUT2D eigenvalue weighted by atomic mass is 9.95. The summed E-state index contributed by atoms with van der Waals surface area (Å²) in [6.45, 7) is 0. The van der Waals surface area contributed by atoms with Crippen LogP contribution in [0.1, 0.15) is 36.2 Å². The van der Waals surface area contributed by atoms with Gasteiger partial charge in [-0.1, -0.05) is 6.42 Å². The van der Waals surface area contributed by atoms with Crippen molar-refractivity contribution in [2.24, 2.45) is 11.8 Å². The molecule has 3 atom stereocenters. The van der Waals surface area contributed by atoms with Gasteiger partial charge in [0.25, 0.3) is 5.91 Å². The second-order valence-electron chi connectivity index (χ2n) is 6.81. The number of aromatic nitrogens is 3. The zero-order valence-electron chi connectivity index (χ0n) is 13.0. The summed E-state index contributed by atoms with van der Waals surface area (Å²) < 4.78 is 0. The van der Waals surface area contributed by atoms with Crippen LogP contribution in [0.5, 0.6) is 0 Å². The van der Waals surface area contributed by atoms with Crippen LogP contribution < -0.4 is 5.32 Å². The van der Waals surface area contributed by atoms with Crippen LogP contribution in [0, 0.1) is 11.8 Å². The fourth-order valence-electron chi connectivity index (χ4n) is 3.93. The summed E-state index contributed by atoms with van der Waals surface area (Å²) in [6, 6.07) is 2.31. The van der Waals surface area contributed by atoms with E-state index in [0.29, 0.717) is 23.3 Å². The average molecular weight is 299 g/mol. The maximum Gasteiger partial charge on any atom is 0.269 e. The summed E-state index contributed by atoms with van der Waals surface area (Å²) in [6.07, 6.45) is 7.08. The molecule has 2 N–H and O–H groups in total. The first-order chi connectivity index (χ1) is 10.6. The number of rotatable bonds is 3. The van der Waals surface area contributed by atoms with Gasteiger partial charge < -0.3 is 15.2 Å². The second kappa shape index (κ2) is 4.97. The monoisotopic (exact) mass is 299 g/mol. The molecule has 0 aliphatic heterocycles. The molecule has 116 valence electrons. The van der Waals surface area contributed by atoms with Crippen molar-refractivity contribution >= 4 is 22.9 Å². The fraction of sp³-hybridized carbons (Fsp3) is 0.562. The molecule has 22 heavy (non-hydrogen) atoms. The Kier molecular flexibility index (Phi) is 3.06. The Morgan fingerprint density at radius 3 is 2.91 bits per heavy atom. The third kappa shape index (κ3) is 2.23. The van der Waals surface area contributed by atoms with E-state index < -0.39 is 0 Å². The quantitative estimate of drug-likeness (QED) is 0.911. The minimum atomic E-state index is -0.0550. The van der Waals surface area contributed by atoms with Crippen LogP contribution in [-0.4, -0.2) is 45.9 Å². The number of aromatic amines is 1. The van der Waals surface area contributed by atoms with Crippen LogP contribution in [0.25, 0.3) is 11.0 Å². The molecule has 3 unspecified atom stereocenters. The van der Waals surface area contributed by atoms with Crippen LogP contribution in [0.2, 0.25) is 0 Å². The summed E-state index contributed by atoms with van der Waals surface area (Å²) in [5.74, 6) is 2.27. The maximum absolute atomic E-state index is 12.0. The predicted molar refractivity (Wildman–Crippen MR) is 84.8 cm³/mol. The van der Waals surface area contributed by atoms with E-state index in [2.05, 4.69) is 20.3 Å². The van der Waals surface area contributed by atoms with Gasteiger partial charge in [-0.25, -0.2) is 4.98 Å². The van der Waals surface area contributed by atoms with E-state index in [-0.39, 0.29) is 5.91 Å². The summed E-state index contributed by atoms with van der Waals surface area (Å²) in [5.41, 5.74) is 1.26. The molecule has 1 amide bonds. The molecule has 0 spiro atoms. The van der Waals surface area contributed by atoms with Crippen molar-refractivity contribution in [3.8, 4) is 0 Å². The van der Waals surface area contributed by atoms with Crippen molar-refractivity contribution in [3.05, 3.63) is 18.0 Å². The number of carbonyl (C=O) groups is 1. The number of H-pyrrole nitrogens is 1. The van der Waals surface area contributed by atoms with Gasteiger partial charge in [0.2, 0.25) is 5.95 Å². The highest BCUT2D eigenvalue weighted by molar-refractivity contribution is 5.96. The second-order valence-corrected chi connectivity index (χ2v) is 6.81. The Morgan fingerprint density at radius 2 is 2.23 bits per heavy atom. The molecule has 2 aliphatic carbocycles. The number of hydrogen-bond acceptors (Lipinski definition) is 4. The molecule has 4 rings (SSSR count). The molecule has 0 aromatic carbocycles. The molecule has 2 heterocycles. The summed E-state index contributed by atoms with van der Waals surface area (Å²) in [4.78, 5) is 25.6.